The summed E-state index contributed by atoms with van der Waals surface area (Å²) in [4.78, 5) is 24.0. The average molecular weight is 629 g/mol. The third kappa shape index (κ3) is 9.44. The zero-order valence-corrected chi connectivity index (χ0v) is 21.7. The number of Topliss-reactive ketones (excluding diaryl/α,β-unsaturated/α-hetero) is 1. The van der Waals surface area contributed by atoms with Crippen LogP contribution in [0.25, 0.3) is 6.08 Å². The van der Waals surface area contributed by atoms with Crippen LogP contribution in [0.3, 0.4) is 0 Å². The number of hydrogen-bond acceptors (Lipinski definition) is 2. The molecule has 3 nitrogen and oxygen atoms in total. The topological polar surface area (TPSA) is 46.2 Å². The summed E-state index contributed by atoms with van der Waals surface area (Å²) in [6, 6.07) is 7.96. The van der Waals surface area contributed by atoms with E-state index < -0.39 is 48.8 Å². The number of allylic oxidation sites excluding steroid dienone is 1. The number of amides is 1. The molecule has 0 aromatic heterocycles. The number of ketones is 1. The molecule has 190 valence electrons. The van der Waals surface area contributed by atoms with Crippen LogP contribution < -0.4 is 5.32 Å². The molecule has 0 heterocycles. The minimum Gasteiger partial charge on any atom is -0.349 e. The van der Waals surface area contributed by atoms with Crippen LogP contribution in [0.1, 0.15) is 52.7 Å². The van der Waals surface area contributed by atoms with E-state index >= 15 is 0 Å². The Balaban J connectivity index is 2.15. The van der Waals surface area contributed by atoms with E-state index in [1.165, 1.54) is 43.3 Å². The monoisotopic (exact) mass is 627 g/mol. The number of carbonyl (C=O) groups excluding carboxylic acids is 2. The van der Waals surface area contributed by atoms with Crippen molar-refractivity contribution in [3.63, 3.8) is 0 Å². The maximum Gasteiger partial charge on any atom is 0.399 e. The predicted octanol–water partition coefficient (Wildman–Crippen LogP) is 7.91. The maximum atomic E-state index is 13.7. The summed E-state index contributed by atoms with van der Waals surface area (Å²) in [6.07, 6.45) is -8.86. The second-order valence-electron chi connectivity index (χ2n) is 8.06. The smallest absolute Gasteiger partial charge is 0.349 e. The van der Waals surface area contributed by atoms with Crippen molar-refractivity contribution in [2.45, 2.75) is 51.0 Å². The molecule has 1 N–H and O–H groups in total. The van der Waals surface area contributed by atoms with E-state index in [2.05, 4.69) is 37.2 Å². The normalized spacial score (nSPS) is 14.1. The molecule has 0 saturated carbocycles. The number of aryl methyl sites for hydroxylation is 1. The number of benzene rings is 2. The van der Waals surface area contributed by atoms with E-state index in [4.69, 9.17) is 0 Å². The van der Waals surface area contributed by atoms with Crippen LogP contribution in [0.15, 0.2) is 51.4 Å². The van der Waals surface area contributed by atoms with Crippen LogP contribution in [0.5, 0.6) is 0 Å². The third-order valence-corrected chi connectivity index (χ3v) is 5.80. The van der Waals surface area contributed by atoms with Crippen molar-refractivity contribution in [1.29, 1.82) is 0 Å². The highest BCUT2D eigenvalue weighted by molar-refractivity contribution is 9.11. The molecule has 11 heteroatoms. The van der Waals surface area contributed by atoms with E-state index in [1.54, 1.807) is 13.0 Å². The lowest BCUT2D eigenvalue weighted by molar-refractivity contribution is -0.152. The first-order valence-corrected chi connectivity index (χ1v) is 11.8. The average Bonchev–Trinajstić information content (AvgIpc) is 2.64. The van der Waals surface area contributed by atoms with Gasteiger partial charge in [0.1, 0.15) is 12.2 Å². The number of nitrogens with one attached hydrogen (secondary N) is 1. The van der Waals surface area contributed by atoms with Crippen molar-refractivity contribution in [2.24, 2.45) is 0 Å². The Hall–Kier alpha value is -2.14. The Labute approximate surface area is 215 Å². The van der Waals surface area contributed by atoms with Gasteiger partial charge in [-0.25, -0.2) is 0 Å². The summed E-state index contributed by atoms with van der Waals surface area (Å²) in [5, 5.41) is 2.47. The lowest BCUT2D eigenvalue weighted by Gasteiger charge is -2.18. The van der Waals surface area contributed by atoms with E-state index in [0.29, 0.717) is 20.1 Å². The number of rotatable bonds is 8. The van der Waals surface area contributed by atoms with Gasteiger partial charge < -0.3 is 5.32 Å². The second kappa shape index (κ2) is 11.7. The van der Waals surface area contributed by atoms with Gasteiger partial charge in [0.25, 0.3) is 5.91 Å². The summed E-state index contributed by atoms with van der Waals surface area (Å²) in [5.74, 6) is -3.51. The Bertz CT molecular complexity index is 1090. The van der Waals surface area contributed by atoms with Crippen molar-refractivity contribution < 1.29 is 35.9 Å². The molecule has 0 spiro atoms. The van der Waals surface area contributed by atoms with Crippen molar-refractivity contribution in [3.05, 3.63) is 73.7 Å². The first-order valence-electron chi connectivity index (χ1n) is 10.3. The first-order chi connectivity index (χ1) is 16.0. The molecule has 0 aliphatic carbocycles. The fourth-order valence-corrected chi connectivity index (χ4v) is 4.74. The highest BCUT2D eigenvalue weighted by Gasteiger charge is 2.39. The highest BCUT2D eigenvalue weighted by atomic mass is 79.9. The van der Waals surface area contributed by atoms with Gasteiger partial charge in [0.15, 0.2) is 0 Å². The molecular weight excluding hydrogens is 608 g/mol. The van der Waals surface area contributed by atoms with Gasteiger partial charge in [0.05, 0.1) is 5.92 Å². The van der Waals surface area contributed by atoms with E-state index in [9.17, 15) is 35.9 Å². The van der Waals surface area contributed by atoms with Gasteiger partial charge in [0, 0.05) is 27.0 Å². The quantitative estimate of drug-likeness (QED) is 0.302. The number of carbonyl (C=O) groups is 2. The number of hydrogen-bond donors (Lipinski definition) is 1. The minimum atomic E-state index is -4.61. The zero-order valence-electron chi connectivity index (χ0n) is 18.5. The van der Waals surface area contributed by atoms with E-state index in [-0.39, 0.29) is 11.1 Å². The highest BCUT2D eigenvalue weighted by Crippen LogP contribution is 2.38. The van der Waals surface area contributed by atoms with E-state index in [0.717, 1.165) is 6.08 Å². The van der Waals surface area contributed by atoms with Crippen molar-refractivity contribution in [3.8, 4) is 0 Å². The standard InChI is InChI=1S/C24H21Br2F6NO2/c1-13-7-15(4-6-21(24(30,31)32)16-9-17(25)11-18(26)10-16)3-5-20(13)22(35)33-14(2)8-19(34)12-23(27,28)29/h3-7,9-11,14,21H,8,12H2,1-2H3,(H,33,35)/b6-4+/t14-,21?/m1/s1. The summed E-state index contributed by atoms with van der Waals surface area (Å²) in [6.45, 7) is 2.99. The molecule has 1 amide bonds. The molecular formula is C24H21Br2F6NO2. The van der Waals surface area contributed by atoms with Crippen LogP contribution >= 0.6 is 31.9 Å². The fraction of sp³-hybridized carbons (Fsp3) is 0.333. The first kappa shape index (κ1) is 29.1. The molecule has 0 bridgehead atoms. The van der Waals surface area contributed by atoms with Gasteiger partial charge in [-0.05, 0) is 54.8 Å². The summed E-state index contributed by atoms with van der Waals surface area (Å²) < 4.78 is 79.0. The summed E-state index contributed by atoms with van der Waals surface area (Å²) in [7, 11) is 0. The van der Waals surface area contributed by atoms with Crippen LogP contribution in [0.4, 0.5) is 26.3 Å². The number of alkyl halides is 6. The molecule has 0 aliphatic rings. The van der Waals surface area contributed by atoms with Gasteiger partial charge in [-0.2, -0.15) is 26.3 Å². The van der Waals surface area contributed by atoms with Crippen LogP contribution in [-0.4, -0.2) is 30.1 Å². The van der Waals surface area contributed by atoms with E-state index in [1.807, 2.05) is 0 Å². The van der Waals surface area contributed by atoms with Gasteiger partial charge in [-0.3, -0.25) is 9.59 Å². The Morgan fingerprint density at radius 2 is 1.60 bits per heavy atom. The zero-order chi connectivity index (χ0) is 26.6. The van der Waals surface area contributed by atoms with Crippen molar-refractivity contribution in [1.82, 2.24) is 5.32 Å². The Morgan fingerprint density at radius 3 is 2.11 bits per heavy atom. The van der Waals surface area contributed by atoms with Gasteiger partial charge in [0.2, 0.25) is 0 Å². The molecule has 0 radical (unpaired) electrons. The third-order valence-electron chi connectivity index (χ3n) is 4.88. The molecule has 2 rings (SSSR count). The molecule has 2 aromatic carbocycles. The maximum absolute atomic E-state index is 13.7. The molecule has 2 atom stereocenters. The SMILES string of the molecule is Cc1cc(/C=C/C(c2cc(Br)cc(Br)c2)C(F)(F)F)ccc1C(=O)N[C@H](C)CC(=O)CC(F)(F)F. The lowest BCUT2D eigenvalue weighted by atomic mass is 9.96. The molecule has 0 aliphatic heterocycles. The molecule has 0 fully saturated rings. The fourth-order valence-electron chi connectivity index (χ4n) is 3.41. The lowest BCUT2D eigenvalue weighted by Crippen LogP contribution is -2.35. The van der Waals surface area contributed by atoms with Gasteiger partial charge >= 0.3 is 12.4 Å². The van der Waals surface area contributed by atoms with Crippen molar-refractivity contribution in [2.75, 3.05) is 0 Å². The second-order valence-corrected chi connectivity index (χ2v) is 9.90. The number of halogens is 8. The largest absolute Gasteiger partial charge is 0.399 e. The molecule has 2 aromatic rings. The van der Waals surface area contributed by atoms with Gasteiger partial charge in [-0.15, -0.1) is 0 Å². The van der Waals surface area contributed by atoms with Crippen molar-refractivity contribution >= 4 is 49.6 Å². The minimum absolute atomic E-state index is 0.0387. The molecule has 0 saturated heterocycles. The van der Waals surface area contributed by atoms with Crippen LogP contribution in [-0.2, 0) is 4.79 Å². The Kier molecular flexibility index (Phi) is 9.75. The van der Waals surface area contributed by atoms with Crippen LogP contribution in [0, 0.1) is 6.92 Å². The molecule has 1 unspecified atom stereocenters. The Morgan fingerprint density at radius 1 is 1.00 bits per heavy atom. The molecule has 35 heavy (non-hydrogen) atoms. The van der Waals surface area contributed by atoms with Gasteiger partial charge in [-0.1, -0.05) is 56.1 Å². The summed E-state index contributed by atoms with van der Waals surface area (Å²) in [5.41, 5.74) is 1.11. The predicted molar refractivity (Wildman–Crippen MR) is 128 cm³/mol. The van der Waals surface area contributed by atoms with Crippen LogP contribution in [0.2, 0.25) is 0 Å². The summed E-state index contributed by atoms with van der Waals surface area (Å²) >= 11 is 6.38.